The van der Waals surface area contributed by atoms with E-state index >= 15 is 0 Å². The van der Waals surface area contributed by atoms with Crippen LogP contribution in [0.4, 0.5) is 5.69 Å². The topological polar surface area (TPSA) is 113 Å². The van der Waals surface area contributed by atoms with E-state index in [1.807, 2.05) is 0 Å². The van der Waals surface area contributed by atoms with E-state index < -0.39 is 15.9 Å². The van der Waals surface area contributed by atoms with Gasteiger partial charge in [-0.1, -0.05) is 13.8 Å². The van der Waals surface area contributed by atoms with Crippen molar-refractivity contribution in [3.05, 3.63) is 24.3 Å². The first-order valence-corrected chi connectivity index (χ1v) is 9.20. The lowest BCUT2D eigenvalue weighted by molar-refractivity contribution is -0.126. The van der Waals surface area contributed by atoms with Gasteiger partial charge >= 0.3 is 0 Å². The second-order valence-electron chi connectivity index (χ2n) is 5.50. The SMILES string of the molecule is CCN(CC)S(=O)(=O)c1ccc(N2CC(C(=O)NN)CC2=O)cc1. The van der Waals surface area contributed by atoms with Crippen molar-refractivity contribution in [1.29, 1.82) is 0 Å². The first kappa shape index (κ1) is 18.4. The monoisotopic (exact) mass is 354 g/mol. The van der Waals surface area contributed by atoms with E-state index in [1.54, 1.807) is 26.0 Å². The van der Waals surface area contributed by atoms with E-state index in [0.717, 1.165) is 0 Å². The Morgan fingerprint density at radius 3 is 2.38 bits per heavy atom. The average Bonchev–Trinajstić information content (AvgIpc) is 2.97. The summed E-state index contributed by atoms with van der Waals surface area (Å²) in [4.78, 5) is 25.3. The van der Waals surface area contributed by atoms with Crippen molar-refractivity contribution >= 4 is 27.5 Å². The van der Waals surface area contributed by atoms with Crippen molar-refractivity contribution in [3.8, 4) is 0 Å². The Bertz CT molecular complexity index is 713. The van der Waals surface area contributed by atoms with Crippen molar-refractivity contribution in [2.75, 3.05) is 24.5 Å². The molecule has 1 fully saturated rings. The van der Waals surface area contributed by atoms with Gasteiger partial charge in [0.2, 0.25) is 21.8 Å². The van der Waals surface area contributed by atoms with Crippen LogP contribution in [0, 0.1) is 5.92 Å². The van der Waals surface area contributed by atoms with Crippen LogP contribution < -0.4 is 16.2 Å². The smallest absolute Gasteiger partial charge is 0.243 e. The van der Waals surface area contributed by atoms with Crippen LogP contribution in [0.15, 0.2) is 29.2 Å². The zero-order valence-corrected chi connectivity index (χ0v) is 14.5. The molecule has 0 bridgehead atoms. The number of benzene rings is 1. The highest BCUT2D eigenvalue weighted by atomic mass is 32.2. The summed E-state index contributed by atoms with van der Waals surface area (Å²) in [6, 6.07) is 6.12. The largest absolute Gasteiger partial charge is 0.312 e. The standard InChI is InChI=1S/C15H22N4O4S/c1-3-18(4-2)24(22,23)13-7-5-12(6-8-13)19-10-11(9-14(19)20)15(21)17-16/h5-8,11H,3-4,9-10,16H2,1-2H3,(H,17,21). The molecule has 0 aliphatic carbocycles. The number of rotatable bonds is 6. The predicted molar refractivity (Wildman–Crippen MR) is 89.3 cm³/mol. The number of hydrazine groups is 1. The number of carbonyl (C=O) groups excluding carboxylic acids is 2. The van der Waals surface area contributed by atoms with Gasteiger partial charge in [0.15, 0.2) is 0 Å². The fourth-order valence-corrected chi connectivity index (χ4v) is 4.22. The zero-order chi connectivity index (χ0) is 17.9. The van der Waals surface area contributed by atoms with Crippen LogP contribution in [0.1, 0.15) is 20.3 Å². The lowest BCUT2D eigenvalue weighted by Gasteiger charge is -2.20. The molecule has 1 heterocycles. The third-order valence-electron chi connectivity index (χ3n) is 4.13. The van der Waals surface area contributed by atoms with Gasteiger partial charge in [-0.05, 0) is 24.3 Å². The fraction of sp³-hybridized carbons (Fsp3) is 0.467. The molecule has 1 atom stereocenters. The molecule has 24 heavy (non-hydrogen) atoms. The van der Waals surface area contributed by atoms with Gasteiger partial charge in [-0.3, -0.25) is 15.0 Å². The summed E-state index contributed by atoms with van der Waals surface area (Å²) >= 11 is 0. The lowest BCUT2D eigenvalue weighted by atomic mass is 10.1. The molecule has 1 unspecified atom stereocenters. The van der Waals surface area contributed by atoms with Crippen LogP contribution in [0.25, 0.3) is 0 Å². The number of hydrogen-bond donors (Lipinski definition) is 2. The van der Waals surface area contributed by atoms with Gasteiger partial charge in [0.1, 0.15) is 0 Å². The highest BCUT2D eigenvalue weighted by molar-refractivity contribution is 7.89. The molecule has 1 aliphatic rings. The number of sulfonamides is 1. The Labute approximate surface area is 141 Å². The molecule has 3 N–H and O–H groups in total. The molecule has 1 saturated heterocycles. The third-order valence-corrected chi connectivity index (χ3v) is 6.19. The molecule has 0 spiro atoms. The van der Waals surface area contributed by atoms with Gasteiger partial charge in [0.05, 0.1) is 10.8 Å². The highest BCUT2D eigenvalue weighted by Gasteiger charge is 2.35. The van der Waals surface area contributed by atoms with E-state index in [9.17, 15) is 18.0 Å². The van der Waals surface area contributed by atoms with Crippen molar-refractivity contribution < 1.29 is 18.0 Å². The minimum absolute atomic E-state index is 0.0858. The molecular weight excluding hydrogens is 332 g/mol. The highest BCUT2D eigenvalue weighted by Crippen LogP contribution is 2.27. The Balaban J connectivity index is 2.21. The Kier molecular flexibility index (Phi) is 5.58. The molecule has 1 aromatic rings. The van der Waals surface area contributed by atoms with Crippen LogP contribution in [0.2, 0.25) is 0 Å². The summed E-state index contributed by atoms with van der Waals surface area (Å²) in [5, 5.41) is 0. The zero-order valence-electron chi connectivity index (χ0n) is 13.7. The molecule has 2 rings (SSSR count). The van der Waals surface area contributed by atoms with E-state index in [0.29, 0.717) is 18.8 Å². The summed E-state index contributed by atoms with van der Waals surface area (Å²) < 4.78 is 26.3. The molecule has 1 aliphatic heterocycles. The van der Waals surface area contributed by atoms with Crippen LogP contribution in [0.3, 0.4) is 0 Å². The van der Waals surface area contributed by atoms with Gasteiger partial charge < -0.3 is 4.90 Å². The minimum atomic E-state index is -3.53. The number of nitrogens with two attached hydrogens (primary N) is 1. The summed E-state index contributed by atoms with van der Waals surface area (Å²) in [6.07, 6.45) is 0.0858. The van der Waals surface area contributed by atoms with Crippen LogP contribution in [-0.2, 0) is 19.6 Å². The molecular formula is C15H22N4O4S. The predicted octanol–water partition coefficient (Wildman–Crippen LogP) is 0.0599. The molecule has 0 saturated carbocycles. The van der Waals surface area contributed by atoms with Crippen molar-refractivity contribution in [2.45, 2.75) is 25.2 Å². The van der Waals surface area contributed by atoms with Crippen LogP contribution in [-0.4, -0.2) is 44.2 Å². The van der Waals surface area contributed by atoms with E-state index in [4.69, 9.17) is 5.84 Å². The maximum absolute atomic E-state index is 12.5. The van der Waals surface area contributed by atoms with Gasteiger partial charge in [-0.2, -0.15) is 4.31 Å². The number of anilines is 1. The maximum atomic E-state index is 12.5. The fourth-order valence-electron chi connectivity index (χ4n) is 2.76. The Hall–Kier alpha value is -1.97. The summed E-state index contributed by atoms with van der Waals surface area (Å²) in [6.45, 7) is 4.56. The van der Waals surface area contributed by atoms with Gasteiger partial charge in [0, 0.05) is 31.7 Å². The first-order chi connectivity index (χ1) is 11.3. The van der Waals surface area contributed by atoms with Gasteiger partial charge in [-0.25, -0.2) is 14.3 Å². The second-order valence-corrected chi connectivity index (χ2v) is 7.44. The number of carbonyl (C=O) groups is 2. The molecule has 2 amide bonds. The summed E-state index contributed by atoms with van der Waals surface area (Å²) in [5.74, 6) is 4.03. The molecule has 9 heteroatoms. The Morgan fingerprint density at radius 1 is 1.29 bits per heavy atom. The minimum Gasteiger partial charge on any atom is -0.312 e. The van der Waals surface area contributed by atoms with Crippen molar-refractivity contribution in [3.63, 3.8) is 0 Å². The molecule has 0 aromatic heterocycles. The molecule has 132 valence electrons. The quantitative estimate of drug-likeness (QED) is 0.426. The maximum Gasteiger partial charge on any atom is 0.243 e. The molecule has 8 nitrogen and oxygen atoms in total. The Morgan fingerprint density at radius 2 is 1.88 bits per heavy atom. The molecule has 0 radical (unpaired) electrons. The number of amides is 2. The van der Waals surface area contributed by atoms with E-state index in [1.165, 1.54) is 21.3 Å². The van der Waals surface area contributed by atoms with Gasteiger partial charge in [0.25, 0.3) is 0 Å². The van der Waals surface area contributed by atoms with E-state index in [2.05, 4.69) is 5.43 Å². The second kappa shape index (κ2) is 7.29. The number of nitrogens with one attached hydrogen (secondary N) is 1. The van der Waals surface area contributed by atoms with E-state index in [-0.39, 0.29) is 29.7 Å². The number of nitrogens with zero attached hydrogens (tertiary/aromatic N) is 2. The van der Waals surface area contributed by atoms with Crippen molar-refractivity contribution in [1.82, 2.24) is 9.73 Å². The average molecular weight is 354 g/mol. The first-order valence-electron chi connectivity index (χ1n) is 7.76. The lowest BCUT2D eigenvalue weighted by Crippen LogP contribution is -2.37. The normalized spacial score (nSPS) is 18.2. The van der Waals surface area contributed by atoms with Gasteiger partial charge in [-0.15, -0.1) is 0 Å². The number of hydrogen-bond acceptors (Lipinski definition) is 5. The van der Waals surface area contributed by atoms with Crippen LogP contribution >= 0.6 is 0 Å². The van der Waals surface area contributed by atoms with Crippen LogP contribution in [0.5, 0.6) is 0 Å². The summed E-state index contributed by atoms with van der Waals surface area (Å²) in [5.41, 5.74) is 2.61. The van der Waals surface area contributed by atoms with Crippen molar-refractivity contribution in [2.24, 2.45) is 11.8 Å². The summed E-state index contributed by atoms with van der Waals surface area (Å²) in [7, 11) is -3.53. The third kappa shape index (κ3) is 3.42. The molecule has 1 aromatic carbocycles.